The summed E-state index contributed by atoms with van der Waals surface area (Å²) in [5, 5.41) is 2.90. The molecule has 2 aromatic carbocycles. The fourth-order valence-electron chi connectivity index (χ4n) is 2.17. The van der Waals surface area contributed by atoms with Crippen LogP contribution in [0.15, 0.2) is 42.5 Å². The highest BCUT2D eigenvalue weighted by molar-refractivity contribution is 6.04. The van der Waals surface area contributed by atoms with E-state index in [4.69, 9.17) is 9.47 Å². The van der Waals surface area contributed by atoms with Crippen molar-refractivity contribution in [2.45, 2.75) is 27.2 Å². The second-order valence-corrected chi connectivity index (χ2v) is 5.27. The van der Waals surface area contributed by atoms with Crippen molar-refractivity contribution in [1.29, 1.82) is 0 Å². The number of carbonyl (C=O) groups excluding carboxylic acids is 1. The number of rotatable bonds is 7. The van der Waals surface area contributed by atoms with E-state index in [1.54, 1.807) is 18.2 Å². The first-order valence-corrected chi connectivity index (χ1v) is 7.91. The van der Waals surface area contributed by atoms with Crippen LogP contribution in [0.3, 0.4) is 0 Å². The lowest BCUT2D eigenvalue weighted by molar-refractivity contribution is 0.102. The van der Waals surface area contributed by atoms with E-state index in [9.17, 15) is 4.79 Å². The second-order valence-electron chi connectivity index (χ2n) is 5.27. The Bertz CT molecular complexity index is 667. The maximum atomic E-state index is 12.4. The number of benzene rings is 2. The summed E-state index contributed by atoms with van der Waals surface area (Å²) in [6.07, 6.45) is 0.918. The van der Waals surface area contributed by atoms with Crippen molar-refractivity contribution >= 4 is 11.6 Å². The van der Waals surface area contributed by atoms with Gasteiger partial charge in [-0.05, 0) is 56.2 Å². The van der Waals surface area contributed by atoms with Gasteiger partial charge in [0.15, 0.2) is 11.5 Å². The minimum atomic E-state index is -0.168. The molecule has 0 atom stereocenters. The SMILES string of the molecule is CCCOc1ccc(C(=O)Nc2cccc(C)c2)cc1OCC. The molecule has 0 aliphatic heterocycles. The monoisotopic (exact) mass is 313 g/mol. The minimum Gasteiger partial charge on any atom is -0.490 e. The van der Waals surface area contributed by atoms with Gasteiger partial charge in [0.25, 0.3) is 5.91 Å². The highest BCUT2D eigenvalue weighted by Crippen LogP contribution is 2.29. The van der Waals surface area contributed by atoms with Gasteiger partial charge in [-0.25, -0.2) is 0 Å². The fraction of sp³-hybridized carbons (Fsp3) is 0.316. The van der Waals surface area contributed by atoms with Gasteiger partial charge in [-0.2, -0.15) is 0 Å². The molecule has 0 saturated heterocycles. The summed E-state index contributed by atoms with van der Waals surface area (Å²) in [6.45, 7) is 7.08. The Balaban J connectivity index is 2.17. The van der Waals surface area contributed by atoms with Gasteiger partial charge >= 0.3 is 0 Å². The van der Waals surface area contributed by atoms with Crippen molar-refractivity contribution < 1.29 is 14.3 Å². The number of nitrogens with one attached hydrogen (secondary N) is 1. The van der Waals surface area contributed by atoms with E-state index < -0.39 is 0 Å². The van der Waals surface area contributed by atoms with Crippen LogP contribution in [0.25, 0.3) is 0 Å². The molecule has 4 heteroatoms. The van der Waals surface area contributed by atoms with E-state index in [2.05, 4.69) is 5.32 Å². The zero-order valence-corrected chi connectivity index (χ0v) is 13.9. The molecule has 0 radical (unpaired) electrons. The molecule has 0 spiro atoms. The molecule has 0 bridgehead atoms. The van der Waals surface area contributed by atoms with Crippen molar-refractivity contribution in [3.05, 3.63) is 53.6 Å². The number of hydrogen-bond donors (Lipinski definition) is 1. The van der Waals surface area contributed by atoms with Gasteiger partial charge in [0.1, 0.15) is 0 Å². The summed E-state index contributed by atoms with van der Waals surface area (Å²) in [6, 6.07) is 13.0. The molecule has 23 heavy (non-hydrogen) atoms. The molecule has 2 rings (SSSR count). The quantitative estimate of drug-likeness (QED) is 0.822. The van der Waals surface area contributed by atoms with Crippen LogP contribution < -0.4 is 14.8 Å². The van der Waals surface area contributed by atoms with Crippen molar-refractivity contribution in [3.63, 3.8) is 0 Å². The number of hydrogen-bond acceptors (Lipinski definition) is 3. The topological polar surface area (TPSA) is 47.6 Å². The average Bonchev–Trinajstić information content (AvgIpc) is 2.54. The third-order valence-corrected chi connectivity index (χ3v) is 3.24. The summed E-state index contributed by atoms with van der Waals surface area (Å²) in [5.74, 6) is 1.09. The molecular weight excluding hydrogens is 290 g/mol. The normalized spacial score (nSPS) is 10.2. The van der Waals surface area contributed by atoms with Gasteiger partial charge in [-0.15, -0.1) is 0 Å². The molecule has 4 nitrogen and oxygen atoms in total. The van der Waals surface area contributed by atoms with Gasteiger partial charge in [0.05, 0.1) is 13.2 Å². The molecule has 0 heterocycles. The third kappa shape index (κ3) is 4.74. The lowest BCUT2D eigenvalue weighted by atomic mass is 10.1. The number of amides is 1. The number of carbonyl (C=O) groups is 1. The maximum Gasteiger partial charge on any atom is 0.255 e. The minimum absolute atomic E-state index is 0.168. The number of aryl methyl sites for hydroxylation is 1. The highest BCUT2D eigenvalue weighted by Gasteiger charge is 2.12. The largest absolute Gasteiger partial charge is 0.490 e. The highest BCUT2D eigenvalue weighted by atomic mass is 16.5. The standard InChI is InChI=1S/C19H23NO3/c1-4-11-23-17-10-9-15(13-18(17)22-5-2)19(21)20-16-8-6-7-14(3)12-16/h6-10,12-13H,4-5,11H2,1-3H3,(H,20,21). The van der Waals surface area contributed by atoms with E-state index >= 15 is 0 Å². The zero-order chi connectivity index (χ0) is 16.7. The molecular formula is C19H23NO3. The Morgan fingerprint density at radius 1 is 1.04 bits per heavy atom. The molecule has 1 N–H and O–H groups in total. The Morgan fingerprint density at radius 3 is 2.57 bits per heavy atom. The molecule has 1 amide bonds. The van der Waals surface area contributed by atoms with Crippen molar-refractivity contribution in [1.82, 2.24) is 0 Å². The first-order valence-electron chi connectivity index (χ1n) is 7.91. The van der Waals surface area contributed by atoms with E-state index in [0.29, 0.717) is 30.3 Å². The van der Waals surface area contributed by atoms with E-state index in [-0.39, 0.29) is 5.91 Å². The molecule has 0 aliphatic rings. The number of ether oxygens (including phenoxy) is 2. The lowest BCUT2D eigenvalue weighted by Gasteiger charge is -2.13. The molecule has 0 aliphatic carbocycles. The first-order chi connectivity index (χ1) is 11.1. The maximum absolute atomic E-state index is 12.4. The van der Waals surface area contributed by atoms with Crippen LogP contribution in [0.2, 0.25) is 0 Å². The van der Waals surface area contributed by atoms with Crippen LogP contribution in [0.5, 0.6) is 11.5 Å². The summed E-state index contributed by atoms with van der Waals surface area (Å²) in [4.78, 5) is 12.4. The van der Waals surface area contributed by atoms with Gasteiger partial charge in [0.2, 0.25) is 0 Å². The van der Waals surface area contributed by atoms with Crippen LogP contribution in [0, 0.1) is 6.92 Å². The van der Waals surface area contributed by atoms with Gasteiger partial charge < -0.3 is 14.8 Å². The number of anilines is 1. The molecule has 0 aromatic heterocycles. The molecule has 2 aromatic rings. The Hall–Kier alpha value is -2.49. The van der Waals surface area contributed by atoms with E-state index in [1.165, 1.54) is 0 Å². The summed E-state index contributed by atoms with van der Waals surface area (Å²) >= 11 is 0. The van der Waals surface area contributed by atoms with Crippen LogP contribution >= 0.6 is 0 Å². The van der Waals surface area contributed by atoms with Crippen molar-refractivity contribution in [3.8, 4) is 11.5 Å². The predicted molar refractivity (Wildman–Crippen MR) is 92.5 cm³/mol. The van der Waals surface area contributed by atoms with Gasteiger partial charge in [-0.1, -0.05) is 19.1 Å². The Kier molecular flexibility index (Phi) is 6.03. The summed E-state index contributed by atoms with van der Waals surface area (Å²) in [7, 11) is 0. The van der Waals surface area contributed by atoms with E-state index in [0.717, 1.165) is 17.7 Å². The Labute approximate surface area is 137 Å². The van der Waals surface area contributed by atoms with Crippen molar-refractivity contribution in [2.24, 2.45) is 0 Å². The smallest absolute Gasteiger partial charge is 0.255 e. The average molecular weight is 313 g/mol. The molecule has 122 valence electrons. The first kappa shape index (κ1) is 16.9. The predicted octanol–water partition coefficient (Wildman–Crippen LogP) is 4.43. The van der Waals surface area contributed by atoms with Crippen LogP contribution in [-0.2, 0) is 0 Å². The van der Waals surface area contributed by atoms with Gasteiger partial charge in [-0.3, -0.25) is 4.79 Å². The third-order valence-electron chi connectivity index (χ3n) is 3.24. The molecule has 0 unspecified atom stereocenters. The van der Waals surface area contributed by atoms with Crippen LogP contribution in [0.4, 0.5) is 5.69 Å². The van der Waals surface area contributed by atoms with E-state index in [1.807, 2.05) is 45.0 Å². The van der Waals surface area contributed by atoms with Gasteiger partial charge in [0, 0.05) is 11.3 Å². The lowest BCUT2D eigenvalue weighted by Crippen LogP contribution is -2.12. The zero-order valence-electron chi connectivity index (χ0n) is 13.9. The second kappa shape index (κ2) is 8.22. The Morgan fingerprint density at radius 2 is 1.87 bits per heavy atom. The summed E-state index contributed by atoms with van der Waals surface area (Å²) in [5.41, 5.74) is 2.42. The summed E-state index contributed by atoms with van der Waals surface area (Å²) < 4.78 is 11.2. The van der Waals surface area contributed by atoms with Crippen LogP contribution in [-0.4, -0.2) is 19.1 Å². The molecule has 0 saturated carbocycles. The van der Waals surface area contributed by atoms with Crippen LogP contribution in [0.1, 0.15) is 36.2 Å². The molecule has 0 fully saturated rings. The van der Waals surface area contributed by atoms with Crippen molar-refractivity contribution in [2.75, 3.05) is 18.5 Å². The fourth-order valence-corrected chi connectivity index (χ4v) is 2.17.